The summed E-state index contributed by atoms with van der Waals surface area (Å²) in [6, 6.07) is 7.57. The van der Waals surface area contributed by atoms with Gasteiger partial charge in [0.25, 0.3) is 7.82 Å². The van der Waals surface area contributed by atoms with Crippen molar-refractivity contribution in [3.63, 3.8) is 0 Å². The van der Waals surface area contributed by atoms with E-state index in [1.54, 1.807) is 0 Å². The Balaban J connectivity index is 3.04. The molecule has 0 aliphatic heterocycles. The number of nitrogens with zero attached hydrogens (tertiary/aromatic N) is 1. The molecule has 1 aromatic rings. The van der Waals surface area contributed by atoms with Gasteiger partial charge in [-0.05, 0) is 17.5 Å². The average Bonchev–Trinajstić information content (AvgIpc) is 2.24. The molecular formula is C13H22NO4P. The highest BCUT2D eigenvalue weighted by atomic mass is 31.2. The summed E-state index contributed by atoms with van der Waals surface area (Å²) in [5.41, 5.74) is 1.86. The summed E-state index contributed by atoms with van der Waals surface area (Å²) >= 11 is 0. The van der Waals surface area contributed by atoms with Crippen molar-refractivity contribution >= 4 is 7.82 Å². The third-order valence-electron chi connectivity index (χ3n) is 2.71. The van der Waals surface area contributed by atoms with Crippen LogP contribution in [0, 0.1) is 0 Å². The molecule has 0 spiro atoms. The van der Waals surface area contributed by atoms with E-state index < -0.39 is 13.9 Å². The Morgan fingerprint density at radius 3 is 2.53 bits per heavy atom. The van der Waals surface area contributed by atoms with Crippen LogP contribution in [-0.2, 0) is 15.5 Å². The Labute approximate surface area is 114 Å². The Hall–Kier alpha value is -0.710. The van der Waals surface area contributed by atoms with E-state index in [9.17, 15) is 9.46 Å². The maximum Gasteiger partial charge on any atom is 0.266 e. The number of phosphoric ester groups is 1. The first kappa shape index (κ1) is 16.3. The molecule has 6 heteroatoms. The Morgan fingerprint density at radius 1 is 1.42 bits per heavy atom. The maximum absolute atomic E-state index is 11.0. The molecule has 0 bridgehead atoms. The van der Waals surface area contributed by atoms with Gasteiger partial charge in [-0.25, -0.2) is 0 Å². The Kier molecular flexibility index (Phi) is 5.30. The largest absolute Gasteiger partial charge is 0.756 e. The summed E-state index contributed by atoms with van der Waals surface area (Å²) in [5, 5.41) is 0. The van der Waals surface area contributed by atoms with E-state index in [0.717, 1.165) is 17.5 Å². The quantitative estimate of drug-likeness (QED) is 0.635. The molecule has 0 saturated carbocycles. The number of benzene rings is 1. The van der Waals surface area contributed by atoms with Crippen molar-refractivity contribution in [2.45, 2.75) is 19.4 Å². The molecule has 1 N–H and O–H groups in total. The number of aryl methyl sites for hydroxylation is 1. The van der Waals surface area contributed by atoms with Crippen LogP contribution in [0.2, 0.25) is 0 Å². The van der Waals surface area contributed by atoms with Crippen LogP contribution >= 0.6 is 7.82 Å². The lowest BCUT2D eigenvalue weighted by Gasteiger charge is -2.31. The highest BCUT2D eigenvalue weighted by molar-refractivity contribution is 7.44. The van der Waals surface area contributed by atoms with Gasteiger partial charge in [0.05, 0.1) is 21.1 Å². The second kappa shape index (κ2) is 6.16. The standard InChI is InChI=1S/C13H22NO4P/c1-5-11-7-6-8-12(9-11)13(10-14(2,3)4)18-19(15,16)17/h6-9,13H,5,10H2,1-4H3,(H-,15,16,17). The van der Waals surface area contributed by atoms with Crippen LogP contribution in [0.15, 0.2) is 24.3 Å². The van der Waals surface area contributed by atoms with Gasteiger partial charge < -0.3 is 18.8 Å². The number of phosphoric acid groups is 1. The van der Waals surface area contributed by atoms with Crippen LogP contribution in [-0.4, -0.2) is 37.1 Å². The molecule has 0 aliphatic carbocycles. The van der Waals surface area contributed by atoms with Crippen molar-refractivity contribution in [3.05, 3.63) is 35.4 Å². The minimum absolute atomic E-state index is 0.444. The topological polar surface area (TPSA) is 69.6 Å². The van der Waals surface area contributed by atoms with Crippen LogP contribution in [0.4, 0.5) is 0 Å². The average molecular weight is 287 g/mol. The molecule has 0 fully saturated rings. The molecule has 0 amide bonds. The molecule has 0 saturated heterocycles. The second-order valence-corrected chi connectivity index (χ2v) is 6.78. The minimum Gasteiger partial charge on any atom is -0.756 e. The van der Waals surface area contributed by atoms with Crippen molar-refractivity contribution in [1.82, 2.24) is 0 Å². The van der Waals surface area contributed by atoms with Gasteiger partial charge in [-0.2, -0.15) is 0 Å². The molecule has 1 rings (SSSR count). The minimum atomic E-state index is -4.76. The fraction of sp³-hybridized carbons (Fsp3) is 0.538. The fourth-order valence-electron chi connectivity index (χ4n) is 1.87. The van der Waals surface area contributed by atoms with Crippen molar-refractivity contribution < 1.29 is 23.4 Å². The normalized spacial score (nSPS) is 16.9. The summed E-state index contributed by atoms with van der Waals surface area (Å²) in [4.78, 5) is 20.0. The zero-order valence-corrected chi connectivity index (χ0v) is 12.8. The van der Waals surface area contributed by atoms with Gasteiger partial charge in [-0.1, -0.05) is 31.2 Å². The van der Waals surface area contributed by atoms with Crippen molar-refractivity contribution in [2.24, 2.45) is 0 Å². The SMILES string of the molecule is CCc1cccc(C(C[N+](C)(C)C)OP(=O)([O-])O)c1. The number of rotatable bonds is 6. The zero-order chi connectivity index (χ0) is 14.7. The maximum atomic E-state index is 11.0. The van der Waals surface area contributed by atoms with E-state index in [4.69, 9.17) is 9.42 Å². The van der Waals surface area contributed by atoms with E-state index in [2.05, 4.69) is 0 Å². The van der Waals surface area contributed by atoms with Crippen molar-refractivity contribution in [1.29, 1.82) is 0 Å². The smallest absolute Gasteiger partial charge is 0.266 e. The zero-order valence-electron chi connectivity index (χ0n) is 11.9. The van der Waals surface area contributed by atoms with E-state index in [1.165, 1.54) is 0 Å². The lowest BCUT2D eigenvalue weighted by Crippen LogP contribution is -2.39. The molecular weight excluding hydrogens is 265 g/mol. The van der Waals surface area contributed by atoms with Crippen molar-refractivity contribution in [2.75, 3.05) is 27.7 Å². The van der Waals surface area contributed by atoms with Gasteiger partial charge in [-0.3, -0.25) is 4.57 Å². The first-order valence-electron chi connectivity index (χ1n) is 6.22. The van der Waals surface area contributed by atoms with E-state index in [1.807, 2.05) is 52.3 Å². The van der Waals surface area contributed by atoms with Gasteiger partial charge in [0, 0.05) is 0 Å². The third kappa shape index (κ3) is 6.32. The monoisotopic (exact) mass is 287 g/mol. The number of hydrogen-bond donors (Lipinski definition) is 1. The first-order chi connectivity index (χ1) is 8.61. The molecule has 5 nitrogen and oxygen atoms in total. The fourth-order valence-corrected chi connectivity index (χ4v) is 2.38. The summed E-state index contributed by atoms with van der Waals surface area (Å²) < 4.78 is 16.4. The highest BCUT2D eigenvalue weighted by Crippen LogP contribution is 2.39. The molecule has 0 radical (unpaired) electrons. The van der Waals surface area contributed by atoms with E-state index in [0.29, 0.717) is 11.0 Å². The number of quaternary nitrogens is 1. The molecule has 0 heterocycles. The van der Waals surface area contributed by atoms with Gasteiger partial charge >= 0.3 is 0 Å². The van der Waals surface area contributed by atoms with Crippen LogP contribution in [0.3, 0.4) is 0 Å². The van der Waals surface area contributed by atoms with Crippen molar-refractivity contribution in [3.8, 4) is 0 Å². The van der Waals surface area contributed by atoms with Crippen LogP contribution in [0.1, 0.15) is 24.2 Å². The lowest BCUT2D eigenvalue weighted by molar-refractivity contribution is -0.874. The highest BCUT2D eigenvalue weighted by Gasteiger charge is 2.24. The molecule has 2 atom stereocenters. The van der Waals surface area contributed by atoms with Gasteiger partial charge in [-0.15, -0.1) is 0 Å². The molecule has 19 heavy (non-hydrogen) atoms. The van der Waals surface area contributed by atoms with Gasteiger partial charge in [0.1, 0.15) is 12.6 Å². The number of hydrogen-bond acceptors (Lipinski definition) is 3. The molecule has 2 unspecified atom stereocenters. The van der Waals surface area contributed by atoms with Crippen LogP contribution < -0.4 is 4.89 Å². The molecule has 108 valence electrons. The summed E-state index contributed by atoms with van der Waals surface area (Å²) in [7, 11) is 1.06. The Bertz CT molecular complexity index is 464. The molecule has 1 aromatic carbocycles. The van der Waals surface area contributed by atoms with Crippen LogP contribution in [0.5, 0.6) is 0 Å². The van der Waals surface area contributed by atoms with Gasteiger partial charge in [0.15, 0.2) is 0 Å². The van der Waals surface area contributed by atoms with E-state index >= 15 is 0 Å². The first-order valence-corrected chi connectivity index (χ1v) is 7.72. The van der Waals surface area contributed by atoms with Gasteiger partial charge in [0.2, 0.25) is 0 Å². The number of likely N-dealkylation sites (N-methyl/N-ethyl adjacent to an activating group) is 1. The summed E-state index contributed by atoms with van der Waals surface area (Å²) in [6.07, 6.45) is 0.180. The Morgan fingerprint density at radius 2 is 2.05 bits per heavy atom. The second-order valence-electron chi connectivity index (χ2n) is 5.63. The van der Waals surface area contributed by atoms with Crippen LogP contribution in [0.25, 0.3) is 0 Å². The molecule has 0 aromatic heterocycles. The predicted molar refractivity (Wildman–Crippen MR) is 72.4 cm³/mol. The van der Waals surface area contributed by atoms with E-state index in [-0.39, 0.29) is 0 Å². The third-order valence-corrected chi connectivity index (χ3v) is 3.23. The lowest BCUT2D eigenvalue weighted by atomic mass is 10.0. The summed E-state index contributed by atoms with van der Waals surface area (Å²) in [5.74, 6) is 0. The summed E-state index contributed by atoms with van der Waals surface area (Å²) in [6.45, 7) is 2.47. The predicted octanol–water partition coefficient (Wildman–Crippen LogP) is 1.47. The molecule has 0 aliphatic rings.